The van der Waals surface area contributed by atoms with E-state index in [1.54, 1.807) is 24.3 Å². The molecule has 6 nitrogen and oxygen atoms in total. The number of hydrogen-bond donors (Lipinski definition) is 1. The lowest BCUT2D eigenvalue weighted by Gasteiger charge is -2.39. The van der Waals surface area contributed by atoms with Crippen LogP contribution in [0.3, 0.4) is 0 Å². The van der Waals surface area contributed by atoms with Crippen molar-refractivity contribution >= 4 is 29.2 Å². The summed E-state index contributed by atoms with van der Waals surface area (Å²) in [6.07, 6.45) is 3.47. The van der Waals surface area contributed by atoms with Crippen molar-refractivity contribution in [3.05, 3.63) is 58.1 Å². The van der Waals surface area contributed by atoms with Gasteiger partial charge >= 0.3 is 5.97 Å². The van der Waals surface area contributed by atoms with Crippen molar-refractivity contribution in [2.45, 2.75) is 51.5 Å². The Balaban J connectivity index is 1.24. The molecule has 1 N–H and O–H groups in total. The minimum absolute atomic E-state index is 0.0115. The van der Waals surface area contributed by atoms with Crippen LogP contribution in [0, 0.1) is 5.41 Å². The zero-order chi connectivity index (χ0) is 24.1. The third-order valence-electron chi connectivity index (χ3n) is 7.88. The zero-order valence-corrected chi connectivity index (χ0v) is 20.5. The van der Waals surface area contributed by atoms with Gasteiger partial charge in [-0.1, -0.05) is 31.5 Å². The summed E-state index contributed by atoms with van der Waals surface area (Å²) in [7, 11) is 0. The number of carbonyl (C=O) groups excluding carboxylic acids is 1. The Labute approximate surface area is 205 Å². The SMILES string of the molecule is CC1(C)CCOc2c(Cl)cc(CN3CCC4(CC3)CC(=O)N(c3ccc(C(=O)O)cc3)C4)cc21. The fourth-order valence-electron chi connectivity index (χ4n) is 5.63. The topological polar surface area (TPSA) is 70.1 Å². The molecule has 0 atom stereocenters. The third kappa shape index (κ3) is 4.29. The summed E-state index contributed by atoms with van der Waals surface area (Å²) in [6.45, 7) is 8.61. The first-order valence-electron chi connectivity index (χ1n) is 12.0. The number of aromatic carboxylic acids is 1. The number of anilines is 1. The molecule has 0 saturated carbocycles. The molecule has 0 bridgehead atoms. The fourth-order valence-corrected chi connectivity index (χ4v) is 5.92. The minimum Gasteiger partial charge on any atom is -0.492 e. The molecule has 1 amide bonds. The molecule has 3 aliphatic rings. The molecule has 180 valence electrons. The molecule has 2 aromatic carbocycles. The van der Waals surface area contributed by atoms with Crippen LogP contribution in [-0.2, 0) is 16.8 Å². The van der Waals surface area contributed by atoms with E-state index in [1.165, 1.54) is 11.1 Å². The van der Waals surface area contributed by atoms with E-state index in [0.717, 1.165) is 50.3 Å². The summed E-state index contributed by atoms with van der Waals surface area (Å²) in [5.74, 6) is -0.000111. The van der Waals surface area contributed by atoms with Gasteiger partial charge in [0, 0.05) is 30.8 Å². The first kappa shape index (κ1) is 23.2. The van der Waals surface area contributed by atoms with Crippen LogP contribution in [0.2, 0.25) is 5.02 Å². The van der Waals surface area contributed by atoms with Crippen molar-refractivity contribution in [1.29, 1.82) is 0 Å². The second-order valence-electron chi connectivity index (χ2n) is 10.7. The van der Waals surface area contributed by atoms with Crippen LogP contribution in [0.15, 0.2) is 36.4 Å². The molecule has 0 aliphatic carbocycles. The molecule has 0 unspecified atom stereocenters. The smallest absolute Gasteiger partial charge is 0.335 e. The summed E-state index contributed by atoms with van der Waals surface area (Å²) < 4.78 is 5.86. The second kappa shape index (κ2) is 8.58. The number of nitrogens with zero attached hydrogens (tertiary/aromatic N) is 2. The van der Waals surface area contributed by atoms with Gasteiger partial charge in [-0.25, -0.2) is 4.79 Å². The van der Waals surface area contributed by atoms with Crippen LogP contribution in [0.4, 0.5) is 5.69 Å². The van der Waals surface area contributed by atoms with Crippen LogP contribution in [0.25, 0.3) is 0 Å². The van der Waals surface area contributed by atoms with Gasteiger partial charge in [0.1, 0.15) is 5.75 Å². The van der Waals surface area contributed by atoms with E-state index in [9.17, 15) is 9.59 Å². The summed E-state index contributed by atoms with van der Waals surface area (Å²) >= 11 is 6.59. The number of likely N-dealkylation sites (tertiary alicyclic amines) is 1. The summed E-state index contributed by atoms with van der Waals surface area (Å²) in [5.41, 5.74) is 3.46. The van der Waals surface area contributed by atoms with Crippen LogP contribution >= 0.6 is 11.6 Å². The molecule has 3 aliphatic heterocycles. The number of ether oxygens (including phenoxy) is 1. The Morgan fingerprint density at radius 3 is 2.50 bits per heavy atom. The number of amides is 1. The fraction of sp³-hybridized carbons (Fsp3) is 0.481. The number of rotatable bonds is 4. The molecule has 0 aromatic heterocycles. The van der Waals surface area contributed by atoms with Crippen molar-refractivity contribution in [3.63, 3.8) is 0 Å². The predicted octanol–water partition coefficient (Wildman–Crippen LogP) is 5.12. The highest BCUT2D eigenvalue weighted by Gasteiger charge is 2.45. The lowest BCUT2D eigenvalue weighted by molar-refractivity contribution is -0.118. The number of carbonyl (C=O) groups is 2. The van der Waals surface area contributed by atoms with Gasteiger partial charge in [0.05, 0.1) is 17.2 Å². The van der Waals surface area contributed by atoms with Gasteiger partial charge < -0.3 is 14.7 Å². The second-order valence-corrected chi connectivity index (χ2v) is 11.1. The molecular weight excluding hydrogens is 452 g/mol. The molecule has 0 radical (unpaired) electrons. The maximum absolute atomic E-state index is 12.8. The number of benzene rings is 2. The monoisotopic (exact) mass is 482 g/mol. The Bertz CT molecular complexity index is 1120. The number of hydrogen-bond acceptors (Lipinski definition) is 4. The van der Waals surface area contributed by atoms with Crippen LogP contribution in [0.1, 0.15) is 61.0 Å². The Hall–Kier alpha value is -2.57. The largest absolute Gasteiger partial charge is 0.492 e. The van der Waals surface area contributed by atoms with Gasteiger partial charge in [0.2, 0.25) is 5.91 Å². The van der Waals surface area contributed by atoms with Gasteiger partial charge in [-0.15, -0.1) is 0 Å². The lowest BCUT2D eigenvalue weighted by atomic mass is 9.77. The average Bonchev–Trinajstić information content (AvgIpc) is 3.12. The Morgan fingerprint density at radius 1 is 1.12 bits per heavy atom. The van der Waals surface area contributed by atoms with Crippen molar-refractivity contribution < 1.29 is 19.4 Å². The first-order valence-corrected chi connectivity index (χ1v) is 12.4. The first-order chi connectivity index (χ1) is 16.2. The lowest BCUT2D eigenvalue weighted by Crippen LogP contribution is -2.41. The summed E-state index contributed by atoms with van der Waals surface area (Å²) in [4.78, 5) is 28.2. The molecule has 34 heavy (non-hydrogen) atoms. The van der Waals surface area contributed by atoms with Crippen molar-refractivity contribution in [1.82, 2.24) is 4.90 Å². The highest BCUT2D eigenvalue weighted by molar-refractivity contribution is 6.32. The van der Waals surface area contributed by atoms with Crippen LogP contribution < -0.4 is 9.64 Å². The van der Waals surface area contributed by atoms with E-state index in [1.807, 2.05) is 11.0 Å². The quantitative estimate of drug-likeness (QED) is 0.655. The van der Waals surface area contributed by atoms with Gasteiger partial charge in [0.25, 0.3) is 0 Å². The van der Waals surface area contributed by atoms with Crippen molar-refractivity contribution in [2.24, 2.45) is 5.41 Å². The number of carboxylic acids is 1. The molecule has 5 rings (SSSR count). The van der Waals surface area contributed by atoms with Crippen LogP contribution in [-0.4, -0.2) is 48.1 Å². The van der Waals surface area contributed by atoms with E-state index >= 15 is 0 Å². The van der Waals surface area contributed by atoms with Crippen LogP contribution in [0.5, 0.6) is 5.75 Å². The minimum atomic E-state index is -0.959. The standard InChI is InChI=1S/C27H31ClN2O4/c1-26(2)9-12-34-24-21(26)13-18(14-22(24)28)16-29-10-7-27(8-11-29)15-23(31)30(17-27)20-5-3-19(4-6-20)25(32)33/h3-6,13-14H,7-12,15-17H2,1-2H3,(H,32,33). The van der Waals surface area contributed by atoms with E-state index < -0.39 is 5.97 Å². The number of fused-ring (bicyclic) bond motifs is 1. The van der Waals surface area contributed by atoms with Gasteiger partial charge in [-0.05, 0) is 79.1 Å². The number of halogens is 1. The molecule has 2 fully saturated rings. The van der Waals surface area contributed by atoms with Gasteiger partial charge in [-0.2, -0.15) is 0 Å². The Morgan fingerprint density at radius 2 is 1.82 bits per heavy atom. The van der Waals surface area contributed by atoms with E-state index in [-0.39, 0.29) is 22.3 Å². The molecule has 2 aromatic rings. The van der Waals surface area contributed by atoms with Crippen molar-refractivity contribution in [2.75, 3.05) is 31.1 Å². The maximum atomic E-state index is 12.8. The highest BCUT2D eigenvalue weighted by Crippen LogP contribution is 2.45. The number of carboxylic acid groups (broad SMARTS) is 1. The molecule has 1 spiro atoms. The predicted molar refractivity (Wildman–Crippen MR) is 132 cm³/mol. The zero-order valence-electron chi connectivity index (χ0n) is 19.8. The van der Waals surface area contributed by atoms with Gasteiger partial charge in [0.15, 0.2) is 0 Å². The molecular formula is C27H31ClN2O4. The average molecular weight is 483 g/mol. The molecule has 2 saturated heterocycles. The highest BCUT2D eigenvalue weighted by atomic mass is 35.5. The maximum Gasteiger partial charge on any atom is 0.335 e. The summed E-state index contributed by atoms with van der Waals surface area (Å²) in [6, 6.07) is 10.9. The van der Waals surface area contributed by atoms with Crippen molar-refractivity contribution in [3.8, 4) is 5.75 Å². The number of piperidine rings is 1. The third-order valence-corrected chi connectivity index (χ3v) is 8.16. The van der Waals surface area contributed by atoms with E-state index in [0.29, 0.717) is 24.6 Å². The van der Waals surface area contributed by atoms with E-state index in [4.69, 9.17) is 21.4 Å². The van der Waals surface area contributed by atoms with Gasteiger partial charge in [-0.3, -0.25) is 9.69 Å². The molecule has 7 heteroatoms. The molecule has 3 heterocycles. The van der Waals surface area contributed by atoms with E-state index in [2.05, 4.69) is 24.8 Å². The summed E-state index contributed by atoms with van der Waals surface area (Å²) in [5, 5.41) is 9.82. The Kier molecular flexibility index (Phi) is 5.85. The normalized spacial score (nSPS) is 21.4.